The molecule has 3 nitrogen and oxygen atoms in total. The molecule has 3 rings (SSSR count). The van der Waals surface area contributed by atoms with E-state index in [2.05, 4.69) is 34.5 Å². The van der Waals surface area contributed by atoms with Crippen LogP contribution in [0.1, 0.15) is 34.3 Å². The van der Waals surface area contributed by atoms with Gasteiger partial charge in [0, 0.05) is 18.1 Å². The first-order chi connectivity index (χ1) is 11.6. The Kier molecular flexibility index (Phi) is 5.77. The number of nitrogens with one attached hydrogen (secondary N) is 1. The van der Waals surface area contributed by atoms with E-state index in [1.165, 1.54) is 31.5 Å². The minimum Gasteiger partial charge on any atom is -0.348 e. The van der Waals surface area contributed by atoms with Gasteiger partial charge in [-0.05, 0) is 55.3 Å². The molecule has 24 heavy (non-hydrogen) atoms. The van der Waals surface area contributed by atoms with Crippen LogP contribution in [0.5, 0.6) is 0 Å². The summed E-state index contributed by atoms with van der Waals surface area (Å²) in [6.07, 6.45) is 2.61. The van der Waals surface area contributed by atoms with Crippen molar-refractivity contribution in [3.8, 4) is 0 Å². The van der Waals surface area contributed by atoms with Crippen molar-refractivity contribution in [3.05, 3.63) is 69.2 Å². The van der Waals surface area contributed by atoms with Crippen LogP contribution in [0.2, 0.25) is 10.0 Å². The number of halogens is 2. The third kappa shape index (κ3) is 4.50. The Hall–Kier alpha value is -1.55. The largest absolute Gasteiger partial charge is 0.348 e. The van der Waals surface area contributed by atoms with E-state index in [4.69, 9.17) is 23.2 Å². The molecule has 1 aliphatic rings. The predicted molar refractivity (Wildman–Crippen MR) is 98.6 cm³/mol. The van der Waals surface area contributed by atoms with Gasteiger partial charge in [0.05, 0.1) is 10.6 Å². The van der Waals surface area contributed by atoms with Crippen molar-refractivity contribution in [1.29, 1.82) is 0 Å². The number of hydrogen-bond acceptors (Lipinski definition) is 2. The highest BCUT2D eigenvalue weighted by Gasteiger charge is 2.12. The van der Waals surface area contributed by atoms with E-state index in [-0.39, 0.29) is 5.91 Å². The Labute approximate surface area is 152 Å². The molecule has 0 aromatic heterocycles. The Morgan fingerprint density at radius 1 is 1.00 bits per heavy atom. The number of carbonyl (C=O) groups excluding carboxylic acids is 1. The Balaban J connectivity index is 1.55. The molecule has 1 fully saturated rings. The lowest BCUT2D eigenvalue weighted by Gasteiger charge is -2.14. The van der Waals surface area contributed by atoms with Gasteiger partial charge >= 0.3 is 0 Å². The van der Waals surface area contributed by atoms with Crippen molar-refractivity contribution in [1.82, 2.24) is 10.2 Å². The van der Waals surface area contributed by atoms with Gasteiger partial charge in [-0.2, -0.15) is 0 Å². The summed E-state index contributed by atoms with van der Waals surface area (Å²) in [6.45, 7) is 3.87. The lowest BCUT2D eigenvalue weighted by atomic mass is 10.1. The van der Waals surface area contributed by atoms with E-state index in [0.29, 0.717) is 22.2 Å². The molecule has 0 aliphatic carbocycles. The summed E-state index contributed by atoms with van der Waals surface area (Å²) in [5.41, 5.74) is 2.82. The summed E-state index contributed by atoms with van der Waals surface area (Å²) >= 11 is 11.9. The Bertz CT molecular complexity index is 710. The second kappa shape index (κ2) is 8.02. The summed E-state index contributed by atoms with van der Waals surface area (Å²) in [6, 6.07) is 13.3. The van der Waals surface area contributed by atoms with Gasteiger partial charge in [0.25, 0.3) is 5.91 Å². The van der Waals surface area contributed by atoms with Crippen LogP contribution in [-0.4, -0.2) is 23.9 Å². The molecule has 0 radical (unpaired) electrons. The molecule has 1 N–H and O–H groups in total. The fraction of sp³-hybridized carbons (Fsp3) is 0.316. The van der Waals surface area contributed by atoms with Crippen molar-refractivity contribution in [2.45, 2.75) is 25.9 Å². The maximum Gasteiger partial charge on any atom is 0.253 e. The highest BCUT2D eigenvalue weighted by atomic mass is 35.5. The minimum atomic E-state index is -0.196. The molecule has 1 heterocycles. The standard InChI is InChI=1S/C19H20Cl2N2O/c20-16-7-8-17(18(21)11-16)19(24)22-12-14-3-5-15(6-4-14)13-23-9-1-2-10-23/h3-8,11H,1-2,9-10,12-13H2,(H,22,24). The Morgan fingerprint density at radius 2 is 1.67 bits per heavy atom. The lowest BCUT2D eigenvalue weighted by Crippen LogP contribution is -2.23. The molecule has 2 aromatic rings. The maximum atomic E-state index is 12.2. The predicted octanol–water partition coefficient (Wildman–Crippen LogP) is 4.52. The van der Waals surface area contributed by atoms with Gasteiger partial charge in [0.2, 0.25) is 0 Å². The van der Waals surface area contributed by atoms with Crippen LogP contribution < -0.4 is 5.32 Å². The van der Waals surface area contributed by atoms with Crippen LogP contribution in [0.4, 0.5) is 0 Å². The van der Waals surface area contributed by atoms with Crippen LogP contribution >= 0.6 is 23.2 Å². The molecule has 2 aromatic carbocycles. The van der Waals surface area contributed by atoms with Gasteiger partial charge in [0.1, 0.15) is 0 Å². The van der Waals surface area contributed by atoms with Crippen LogP contribution in [0.3, 0.4) is 0 Å². The molecule has 0 unspecified atom stereocenters. The number of amides is 1. The number of carbonyl (C=O) groups is 1. The first-order valence-corrected chi connectivity index (χ1v) is 8.91. The highest BCUT2D eigenvalue weighted by Crippen LogP contribution is 2.21. The second-order valence-electron chi connectivity index (χ2n) is 6.11. The smallest absolute Gasteiger partial charge is 0.253 e. The summed E-state index contributed by atoms with van der Waals surface area (Å²) < 4.78 is 0. The molecule has 1 saturated heterocycles. The van der Waals surface area contributed by atoms with E-state index < -0.39 is 0 Å². The molecule has 1 aliphatic heterocycles. The summed E-state index contributed by atoms with van der Waals surface area (Å²) in [5, 5.41) is 3.77. The van der Waals surface area contributed by atoms with E-state index in [1.807, 2.05) is 0 Å². The van der Waals surface area contributed by atoms with E-state index in [0.717, 1.165) is 12.1 Å². The molecule has 0 atom stereocenters. The summed E-state index contributed by atoms with van der Waals surface area (Å²) in [5.74, 6) is -0.196. The third-order valence-electron chi connectivity index (χ3n) is 4.26. The third-order valence-corrected chi connectivity index (χ3v) is 4.80. The topological polar surface area (TPSA) is 32.3 Å². The average molecular weight is 363 g/mol. The van der Waals surface area contributed by atoms with Crippen molar-refractivity contribution in [2.24, 2.45) is 0 Å². The quantitative estimate of drug-likeness (QED) is 0.847. The lowest BCUT2D eigenvalue weighted by molar-refractivity contribution is 0.0951. The second-order valence-corrected chi connectivity index (χ2v) is 6.95. The molecule has 0 spiro atoms. The first kappa shape index (κ1) is 17.3. The fourth-order valence-electron chi connectivity index (χ4n) is 2.91. The summed E-state index contributed by atoms with van der Waals surface area (Å²) in [7, 11) is 0. The fourth-order valence-corrected chi connectivity index (χ4v) is 3.41. The number of likely N-dealkylation sites (tertiary alicyclic amines) is 1. The van der Waals surface area contributed by atoms with E-state index >= 15 is 0 Å². The van der Waals surface area contributed by atoms with Crippen LogP contribution in [0.15, 0.2) is 42.5 Å². The number of nitrogens with zero attached hydrogens (tertiary/aromatic N) is 1. The Morgan fingerprint density at radius 3 is 2.33 bits per heavy atom. The van der Waals surface area contributed by atoms with Crippen molar-refractivity contribution in [3.63, 3.8) is 0 Å². The molecule has 1 amide bonds. The van der Waals surface area contributed by atoms with Gasteiger partial charge in [-0.15, -0.1) is 0 Å². The van der Waals surface area contributed by atoms with Crippen molar-refractivity contribution < 1.29 is 4.79 Å². The molecule has 0 bridgehead atoms. The van der Waals surface area contributed by atoms with Crippen molar-refractivity contribution >= 4 is 29.1 Å². The molecule has 5 heteroatoms. The van der Waals surface area contributed by atoms with Gasteiger partial charge in [0.15, 0.2) is 0 Å². The normalized spacial score (nSPS) is 14.8. The zero-order valence-electron chi connectivity index (χ0n) is 13.4. The van der Waals surface area contributed by atoms with Gasteiger partial charge < -0.3 is 5.32 Å². The average Bonchev–Trinajstić information content (AvgIpc) is 3.07. The van der Waals surface area contributed by atoms with E-state index in [1.54, 1.807) is 18.2 Å². The van der Waals surface area contributed by atoms with Gasteiger partial charge in [-0.25, -0.2) is 0 Å². The molecule has 0 saturated carbocycles. The molecule has 126 valence electrons. The molecular weight excluding hydrogens is 343 g/mol. The van der Waals surface area contributed by atoms with Crippen LogP contribution in [0.25, 0.3) is 0 Å². The number of rotatable bonds is 5. The SMILES string of the molecule is O=C(NCc1ccc(CN2CCCC2)cc1)c1ccc(Cl)cc1Cl. The zero-order valence-corrected chi connectivity index (χ0v) is 14.9. The van der Waals surface area contributed by atoms with Crippen LogP contribution in [0, 0.1) is 0 Å². The number of benzene rings is 2. The van der Waals surface area contributed by atoms with E-state index in [9.17, 15) is 4.79 Å². The molecular formula is C19H20Cl2N2O. The van der Waals surface area contributed by atoms with Gasteiger partial charge in [-0.1, -0.05) is 47.5 Å². The van der Waals surface area contributed by atoms with Crippen LogP contribution in [-0.2, 0) is 13.1 Å². The monoisotopic (exact) mass is 362 g/mol. The van der Waals surface area contributed by atoms with Crippen molar-refractivity contribution in [2.75, 3.05) is 13.1 Å². The zero-order chi connectivity index (χ0) is 16.9. The number of hydrogen-bond donors (Lipinski definition) is 1. The minimum absolute atomic E-state index is 0.196. The summed E-state index contributed by atoms with van der Waals surface area (Å²) in [4.78, 5) is 14.7. The van der Waals surface area contributed by atoms with Gasteiger partial charge in [-0.3, -0.25) is 9.69 Å². The first-order valence-electron chi connectivity index (χ1n) is 8.15. The maximum absolute atomic E-state index is 12.2. The highest BCUT2D eigenvalue weighted by molar-refractivity contribution is 6.36.